The van der Waals surface area contributed by atoms with Crippen molar-refractivity contribution in [2.24, 2.45) is 0 Å². The lowest BCUT2D eigenvalue weighted by Gasteiger charge is -2.35. The molecule has 0 fully saturated rings. The minimum Gasteiger partial charge on any atom is -0.103 e. The Balaban J connectivity index is 2.07. The summed E-state index contributed by atoms with van der Waals surface area (Å²) < 4.78 is 0. The maximum Gasteiger partial charge on any atom is 0.0463 e. The lowest BCUT2D eigenvalue weighted by atomic mass is 9.67. The first-order valence-electron chi connectivity index (χ1n) is 13.6. The first kappa shape index (κ1) is 25.5. The van der Waals surface area contributed by atoms with E-state index in [9.17, 15) is 0 Å². The Morgan fingerprint density at radius 2 is 1.23 bits per heavy atom. The largest absolute Gasteiger partial charge is 0.103 e. The SMILES string of the molecule is C=CCCCC1(c2ccc(C)cc2)c2cc(C(C)(C)CC)ccc2-c2ccc(C(C)(C)CC)cc21. The second-order valence-corrected chi connectivity index (χ2v) is 11.9. The number of benzene rings is 3. The molecule has 3 aromatic carbocycles. The number of hydrogen-bond acceptors (Lipinski definition) is 0. The second kappa shape index (κ2) is 9.45. The number of fused-ring (bicyclic) bond motifs is 3. The Bertz CT molecular complexity index is 1140. The zero-order valence-electron chi connectivity index (χ0n) is 23.1. The minimum atomic E-state index is -0.138. The monoisotopic (exact) mass is 464 g/mol. The lowest BCUT2D eigenvalue weighted by Crippen LogP contribution is -2.28. The average Bonchev–Trinajstić information content (AvgIpc) is 3.14. The number of unbranched alkanes of at least 4 members (excludes halogenated alkanes) is 1. The molecule has 0 aliphatic heterocycles. The van der Waals surface area contributed by atoms with Gasteiger partial charge in [0.1, 0.15) is 0 Å². The maximum atomic E-state index is 4.04. The Morgan fingerprint density at radius 1 is 0.743 bits per heavy atom. The molecule has 0 radical (unpaired) electrons. The van der Waals surface area contributed by atoms with E-state index in [1.165, 1.54) is 44.5 Å². The summed E-state index contributed by atoms with van der Waals surface area (Å²) in [5.74, 6) is 0. The highest BCUT2D eigenvalue weighted by atomic mass is 14.5. The normalized spacial score (nSPS) is 14.5. The highest BCUT2D eigenvalue weighted by molar-refractivity contribution is 5.84. The van der Waals surface area contributed by atoms with Crippen molar-refractivity contribution in [2.75, 3.05) is 0 Å². The molecule has 0 saturated heterocycles. The number of hydrogen-bond donors (Lipinski definition) is 0. The van der Waals surface area contributed by atoms with Crippen LogP contribution in [0.25, 0.3) is 11.1 Å². The topological polar surface area (TPSA) is 0 Å². The van der Waals surface area contributed by atoms with E-state index >= 15 is 0 Å². The van der Waals surface area contributed by atoms with Gasteiger partial charge in [-0.2, -0.15) is 0 Å². The van der Waals surface area contributed by atoms with Gasteiger partial charge in [-0.15, -0.1) is 6.58 Å². The van der Waals surface area contributed by atoms with Crippen molar-refractivity contribution in [3.63, 3.8) is 0 Å². The zero-order valence-corrected chi connectivity index (χ0v) is 23.1. The van der Waals surface area contributed by atoms with Crippen molar-refractivity contribution >= 4 is 0 Å². The van der Waals surface area contributed by atoms with Crippen molar-refractivity contribution in [2.45, 2.75) is 96.8 Å². The van der Waals surface area contributed by atoms with E-state index in [1.54, 1.807) is 0 Å². The highest BCUT2D eigenvalue weighted by Gasteiger charge is 2.45. The zero-order chi connectivity index (χ0) is 25.4. The van der Waals surface area contributed by atoms with Crippen molar-refractivity contribution in [1.82, 2.24) is 0 Å². The summed E-state index contributed by atoms with van der Waals surface area (Å²) in [7, 11) is 0. The van der Waals surface area contributed by atoms with Gasteiger partial charge >= 0.3 is 0 Å². The smallest absolute Gasteiger partial charge is 0.0463 e. The third-order valence-electron chi connectivity index (χ3n) is 9.08. The van der Waals surface area contributed by atoms with E-state index in [1.807, 2.05) is 0 Å². The van der Waals surface area contributed by atoms with E-state index in [0.29, 0.717) is 0 Å². The molecule has 1 aliphatic carbocycles. The van der Waals surface area contributed by atoms with Crippen LogP contribution in [0.15, 0.2) is 73.3 Å². The van der Waals surface area contributed by atoms with Gasteiger partial charge in [-0.05, 0) is 88.8 Å². The maximum absolute atomic E-state index is 4.04. The van der Waals surface area contributed by atoms with Crippen LogP contribution in [0, 0.1) is 6.92 Å². The highest BCUT2D eigenvalue weighted by Crippen LogP contribution is 2.56. The van der Waals surface area contributed by atoms with E-state index in [0.717, 1.165) is 32.1 Å². The number of rotatable bonds is 9. The third kappa shape index (κ3) is 4.31. The van der Waals surface area contributed by atoms with Gasteiger partial charge < -0.3 is 0 Å². The molecule has 4 rings (SSSR count). The molecular formula is C35H44. The van der Waals surface area contributed by atoms with Crippen LogP contribution in [-0.2, 0) is 16.2 Å². The van der Waals surface area contributed by atoms with Crippen LogP contribution in [0.4, 0.5) is 0 Å². The van der Waals surface area contributed by atoms with Gasteiger partial charge in [-0.25, -0.2) is 0 Å². The number of aryl methyl sites for hydroxylation is 1. The summed E-state index contributed by atoms with van der Waals surface area (Å²) in [4.78, 5) is 0. The molecule has 0 N–H and O–H groups in total. The first-order valence-corrected chi connectivity index (χ1v) is 13.6. The van der Waals surface area contributed by atoms with Crippen molar-refractivity contribution in [3.05, 3.63) is 107 Å². The van der Waals surface area contributed by atoms with Gasteiger partial charge in [-0.1, -0.05) is 114 Å². The van der Waals surface area contributed by atoms with E-state index in [4.69, 9.17) is 0 Å². The summed E-state index contributed by atoms with van der Waals surface area (Å²) in [6.07, 6.45) is 7.59. The van der Waals surface area contributed by atoms with E-state index in [2.05, 4.69) is 122 Å². The van der Waals surface area contributed by atoms with Gasteiger partial charge in [-0.3, -0.25) is 0 Å². The van der Waals surface area contributed by atoms with Crippen LogP contribution in [0.2, 0.25) is 0 Å². The van der Waals surface area contributed by atoms with Crippen LogP contribution in [0.3, 0.4) is 0 Å². The molecule has 0 bridgehead atoms. The molecule has 0 amide bonds. The Labute approximate surface area is 214 Å². The molecule has 0 unspecified atom stereocenters. The first-order chi connectivity index (χ1) is 16.6. The molecule has 35 heavy (non-hydrogen) atoms. The standard InChI is InChI=1S/C35H44/c1-9-12-13-22-35(26-16-14-25(4)15-17-26)31-23-27(33(5,6)10-2)18-20-29(31)30-21-19-28(24-32(30)35)34(7,8)11-3/h9,14-21,23-24H,1,10-13,22H2,2-8H3. The summed E-state index contributed by atoms with van der Waals surface area (Å²) >= 11 is 0. The van der Waals surface area contributed by atoms with Gasteiger partial charge in [0.15, 0.2) is 0 Å². The molecule has 3 aromatic rings. The van der Waals surface area contributed by atoms with Gasteiger partial charge in [0.05, 0.1) is 0 Å². The van der Waals surface area contributed by atoms with Gasteiger partial charge in [0, 0.05) is 5.41 Å². The predicted octanol–water partition coefficient (Wildman–Crippen LogP) is 10.0. The molecule has 0 atom stereocenters. The Kier molecular flexibility index (Phi) is 6.89. The molecule has 0 spiro atoms. The summed E-state index contributed by atoms with van der Waals surface area (Å²) in [5, 5.41) is 0. The second-order valence-electron chi connectivity index (χ2n) is 11.9. The third-order valence-corrected chi connectivity index (χ3v) is 9.08. The van der Waals surface area contributed by atoms with E-state index in [-0.39, 0.29) is 16.2 Å². The molecule has 0 saturated carbocycles. The molecule has 0 nitrogen and oxygen atoms in total. The average molecular weight is 465 g/mol. The molecule has 1 aliphatic rings. The quantitative estimate of drug-likeness (QED) is 0.218. The number of allylic oxidation sites excluding steroid dienone is 1. The van der Waals surface area contributed by atoms with Gasteiger partial charge in [0.2, 0.25) is 0 Å². The summed E-state index contributed by atoms with van der Waals surface area (Å²) in [5.41, 5.74) is 11.6. The summed E-state index contributed by atoms with van der Waals surface area (Å²) in [6.45, 7) is 20.3. The van der Waals surface area contributed by atoms with Crippen LogP contribution < -0.4 is 0 Å². The molecule has 0 heterocycles. The van der Waals surface area contributed by atoms with Crippen molar-refractivity contribution < 1.29 is 0 Å². The van der Waals surface area contributed by atoms with Crippen molar-refractivity contribution in [3.8, 4) is 11.1 Å². The van der Waals surface area contributed by atoms with Crippen molar-refractivity contribution in [1.29, 1.82) is 0 Å². The summed E-state index contributed by atoms with van der Waals surface area (Å²) in [6, 6.07) is 24.0. The molecule has 0 aromatic heterocycles. The predicted molar refractivity (Wildman–Crippen MR) is 154 cm³/mol. The van der Waals surface area contributed by atoms with E-state index < -0.39 is 0 Å². The minimum absolute atomic E-state index is 0.138. The van der Waals surface area contributed by atoms with Crippen LogP contribution in [0.1, 0.15) is 107 Å². The molecular weight excluding hydrogens is 420 g/mol. The van der Waals surface area contributed by atoms with Crippen LogP contribution in [0.5, 0.6) is 0 Å². The Morgan fingerprint density at radius 3 is 1.66 bits per heavy atom. The van der Waals surface area contributed by atoms with Crippen LogP contribution in [-0.4, -0.2) is 0 Å². The lowest BCUT2D eigenvalue weighted by molar-refractivity contribution is 0.497. The fourth-order valence-corrected chi connectivity index (χ4v) is 5.73. The molecule has 184 valence electrons. The fraction of sp³-hybridized carbons (Fsp3) is 0.429. The van der Waals surface area contributed by atoms with Crippen LogP contribution >= 0.6 is 0 Å². The van der Waals surface area contributed by atoms with Gasteiger partial charge in [0.25, 0.3) is 0 Å². The molecule has 0 heteroatoms. The fourth-order valence-electron chi connectivity index (χ4n) is 5.73. The Hall–Kier alpha value is -2.60.